The predicted molar refractivity (Wildman–Crippen MR) is 95.6 cm³/mol. The maximum Gasteiger partial charge on any atom is 0.289 e. The number of halogens is 1. The van der Waals surface area contributed by atoms with Crippen LogP contribution in [0.1, 0.15) is 20.8 Å². The van der Waals surface area contributed by atoms with Gasteiger partial charge in [-0.15, -0.1) is 11.3 Å². The van der Waals surface area contributed by atoms with E-state index in [0.717, 1.165) is 5.56 Å². The molecule has 0 aliphatic carbocycles. The number of thiazole rings is 1. The normalized spacial score (nSPS) is 10.3. The van der Waals surface area contributed by atoms with Gasteiger partial charge in [-0.2, -0.15) is 0 Å². The molecule has 6 nitrogen and oxygen atoms in total. The summed E-state index contributed by atoms with van der Waals surface area (Å²) in [5.41, 5.74) is 5.44. The van der Waals surface area contributed by atoms with Gasteiger partial charge < -0.3 is 5.11 Å². The Kier molecular flexibility index (Phi) is 4.97. The number of hydrogen-bond donors (Lipinski definition) is 3. The Morgan fingerprint density at radius 2 is 1.68 bits per heavy atom. The molecule has 3 rings (SSSR count). The zero-order valence-corrected chi connectivity index (χ0v) is 14.3. The fourth-order valence-corrected chi connectivity index (χ4v) is 3.17. The van der Waals surface area contributed by atoms with E-state index in [9.17, 15) is 14.7 Å². The van der Waals surface area contributed by atoms with Crippen molar-refractivity contribution in [1.29, 1.82) is 0 Å². The van der Waals surface area contributed by atoms with Crippen LogP contribution in [-0.4, -0.2) is 21.9 Å². The molecule has 0 unspecified atom stereocenters. The van der Waals surface area contributed by atoms with Crippen molar-refractivity contribution in [3.8, 4) is 16.3 Å². The van der Waals surface area contributed by atoms with Crippen LogP contribution in [0.5, 0.6) is 5.75 Å². The third-order valence-electron chi connectivity index (χ3n) is 3.28. The van der Waals surface area contributed by atoms with Gasteiger partial charge in [0, 0.05) is 10.9 Å². The summed E-state index contributed by atoms with van der Waals surface area (Å²) in [7, 11) is 0. The number of hydrazine groups is 1. The third kappa shape index (κ3) is 3.78. The maximum atomic E-state index is 12.1. The lowest BCUT2D eigenvalue weighted by atomic mass is 10.2. The number of aromatic hydroxyl groups is 1. The molecule has 2 amide bonds. The largest absolute Gasteiger partial charge is 0.507 e. The summed E-state index contributed by atoms with van der Waals surface area (Å²) >= 11 is 7.39. The Balaban J connectivity index is 1.68. The number of rotatable bonds is 3. The molecule has 0 saturated carbocycles. The van der Waals surface area contributed by atoms with Crippen LogP contribution in [0.25, 0.3) is 10.6 Å². The maximum absolute atomic E-state index is 12.1. The summed E-state index contributed by atoms with van der Waals surface area (Å²) in [6.07, 6.45) is 0. The zero-order valence-electron chi connectivity index (χ0n) is 12.7. The highest BCUT2D eigenvalue weighted by Gasteiger charge is 2.15. The molecule has 25 heavy (non-hydrogen) atoms. The minimum Gasteiger partial charge on any atom is -0.507 e. The fourth-order valence-electron chi connectivity index (χ4n) is 2.05. The summed E-state index contributed by atoms with van der Waals surface area (Å²) in [6, 6.07) is 13.2. The molecular weight excluding hydrogens is 362 g/mol. The van der Waals surface area contributed by atoms with E-state index in [-0.39, 0.29) is 17.0 Å². The number of phenolic OH excluding ortho intramolecular Hbond substituents is 1. The number of amides is 2. The van der Waals surface area contributed by atoms with E-state index >= 15 is 0 Å². The average molecular weight is 374 g/mol. The molecule has 0 atom stereocenters. The SMILES string of the molecule is O=C(NNC(=O)c1ccccc1O)c1csc(-c2ccccc2Cl)n1. The Morgan fingerprint density at radius 1 is 1.00 bits per heavy atom. The van der Waals surface area contributed by atoms with Crippen molar-refractivity contribution in [2.24, 2.45) is 0 Å². The molecule has 1 heterocycles. The minimum atomic E-state index is -0.631. The summed E-state index contributed by atoms with van der Waals surface area (Å²) in [4.78, 5) is 28.3. The molecule has 0 saturated heterocycles. The van der Waals surface area contributed by atoms with Gasteiger partial charge in [0.25, 0.3) is 11.8 Å². The van der Waals surface area contributed by atoms with E-state index in [1.165, 1.54) is 23.5 Å². The highest BCUT2D eigenvalue weighted by Crippen LogP contribution is 2.29. The summed E-state index contributed by atoms with van der Waals surface area (Å²) in [5, 5.41) is 12.3. The topological polar surface area (TPSA) is 91.3 Å². The number of hydrogen-bond acceptors (Lipinski definition) is 5. The van der Waals surface area contributed by atoms with Crippen LogP contribution < -0.4 is 10.9 Å². The molecule has 0 bridgehead atoms. The van der Waals surface area contributed by atoms with Crippen molar-refractivity contribution >= 4 is 34.8 Å². The number of carbonyl (C=O) groups excluding carboxylic acids is 2. The van der Waals surface area contributed by atoms with Crippen molar-refractivity contribution in [1.82, 2.24) is 15.8 Å². The van der Waals surface area contributed by atoms with Crippen molar-refractivity contribution in [2.45, 2.75) is 0 Å². The molecule has 8 heteroatoms. The van der Waals surface area contributed by atoms with Crippen molar-refractivity contribution in [2.75, 3.05) is 0 Å². The van der Waals surface area contributed by atoms with Gasteiger partial charge in [0.1, 0.15) is 16.5 Å². The number of carbonyl (C=O) groups is 2. The first-order valence-corrected chi connectivity index (χ1v) is 8.41. The zero-order chi connectivity index (χ0) is 17.8. The van der Waals surface area contributed by atoms with E-state index in [1.54, 1.807) is 23.6 Å². The van der Waals surface area contributed by atoms with E-state index < -0.39 is 11.8 Å². The highest BCUT2D eigenvalue weighted by molar-refractivity contribution is 7.13. The first-order chi connectivity index (χ1) is 12.1. The average Bonchev–Trinajstić information content (AvgIpc) is 3.10. The highest BCUT2D eigenvalue weighted by atomic mass is 35.5. The molecule has 0 spiro atoms. The number of para-hydroxylation sites is 1. The van der Waals surface area contributed by atoms with Gasteiger partial charge in [0.05, 0.1) is 10.6 Å². The Labute approximate surface area is 152 Å². The number of aromatic nitrogens is 1. The quantitative estimate of drug-likeness (QED) is 0.614. The Hall–Kier alpha value is -2.90. The van der Waals surface area contributed by atoms with E-state index in [1.807, 2.05) is 18.2 Å². The summed E-state index contributed by atoms with van der Waals surface area (Å²) in [6.45, 7) is 0. The van der Waals surface area contributed by atoms with Crippen LogP contribution >= 0.6 is 22.9 Å². The molecule has 3 aromatic rings. The lowest BCUT2D eigenvalue weighted by molar-refractivity contribution is 0.0842. The molecular formula is C17H12ClN3O3S. The molecule has 0 radical (unpaired) electrons. The van der Waals surface area contributed by atoms with E-state index in [0.29, 0.717) is 10.0 Å². The third-order valence-corrected chi connectivity index (χ3v) is 4.48. The van der Waals surface area contributed by atoms with E-state index in [4.69, 9.17) is 11.6 Å². The second kappa shape index (κ2) is 7.33. The van der Waals surface area contributed by atoms with Gasteiger partial charge >= 0.3 is 0 Å². The second-order valence-corrected chi connectivity index (χ2v) is 6.21. The summed E-state index contributed by atoms with van der Waals surface area (Å²) in [5.74, 6) is -1.38. The van der Waals surface area contributed by atoms with Gasteiger partial charge in [-0.05, 0) is 18.2 Å². The Morgan fingerprint density at radius 3 is 2.44 bits per heavy atom. The van der Waals surface area contributed by atoms with Crippen LogP contribution in [0.15, 0.2) is 53.9 Å². The van der Waals surface area contributed by atoms with Crippen LogP contribution in [0.4, 0.5) is 0 Å². The smallest absolute Gasteiger partial charge is 0.289 e. The molecule has 126 valence electrons. The predicted octanol–water partition coefficient (Wildman–Crippen LogP) is 3.24. The Bertz CT molecular complexity index is 942. The molecule has 0 aliphatic rings. The van der Waals surface area contributed by atoms with Crippen molar-refractivity contribution in [3.63, 3.8) is 0 Å². The summed E-state index contributed by atoms with van der Waals surface area (Å²) < 4.78 is 0. The lowest BCUT2D eigenvalue weighted by Gasteiger charge is -2.07. The number of nitrogens with one attached hydrogen (secondary N) is 2. The van der Waals surface area contributed by atoms with Gasteiger partial charge in [-0.1, -0.05) is 41.9 Å². The monoisotopic (exact) mass is 373 g/mol. The number of benzene rings is 2. The molecule has 2 aromatic carbocycles. The van der Waals surface area contributed by atoms with E-state index in [2.05, 4.69) is 15.8 Å². The first-order valence-electron chi connectivity index (χ1n) is 7.15. The molecule has 1 aromatic heterocycles. The van der Waals surface area contributed by atoms with Crippen LogP contribution in [-0.2, 0) is 0 Å². The van der Waals surface area contributed by atoms with Gasteiger partial charge in [0.15, 0.2) is 0 Å². The van der Waals surface area contributed by atoms with Crippen molar-refractivity contribution < 1.29 is 14.7 Å². The second-order valence-electron chi connectivity index (χ2n) is 4.94. The molecule has 0 aliphatic heterocycles. The van der Waals surface area contributed by atoms with Crippen molar-refractivity contribution in [3.05, 3.63) is 70.2 Å². The minimum absolute atomic E-state index is 0.0536. The van der Waals surface area contributed by atoms with Crippen LogP contribution in [0.2, 0.25) is 5.02 Å². The number of nitrogens with zero attached hydrogens (tertiary/aromatic N) is 1. The van der Waals surface area contributed by atoms with Crippen LogP contribution in [0, 0.1) is 0 Å². The number of phenols is 1. The van der Waals surface area contributed by atoms with Gasteiger partial charge in [0.2, 0.25) is 0 Å². The van der Waals surface area contributed by atoms with Crippen LogP contribution in [0.3, 0.4) is 0 Å². The lowest BCUT2D eigenvalue weighted by Crippen LogP contribution is -2.41. The standard InChI is InChI=1S/C17H12ClN3O3S/c18-12-7-3-1-5-10(12)17-19-13(9-25-17)16(24)21-20-15(23)11-6-2-4-8-14(11)22/h1-9,22H,(H,20,23)(H,21,24). The fraction of sp³-hybridized carbons (Fsp3) is 0. The first kappa shape index (κ1) is 16.9. The van der Waals surface area contributed by atoms with Gasteiger partial charge in [-0.25, -0.2) is 4.98 Å². The molecule has 0 fully saturated rings. The molecule has 3 N–H and O–H groups in total. The van der Waals surface area contributed by atoms with Gasteiger partial charge in [-0.3, -0.25) is 20.4 Å².